The van der Waals surface area contributed by atoms with Crippen molar-refractivity contribution in [3.8, 4) is 0 Å². The second-order valence-electron chi connectivity index (χ2n) is 13.8. The van der Waals surface area contributed by atoms with E-state index < -0.39 is 11.9 Å². The van der Waals surface area contributed by atoms with E-state index in [2.05, 4.69) is 45.3 Å². The molecule has 0 fully saturated rings. The molecule has 0 aliphatic heterocycles. The number of nitrogens with zero attached hydrogens (tertiary/aromatic N) is 1. The van der Waals surface area contributed by atoms with Gasteiger partial charge in [0, 0.05) is 29.7 Å². The Kier molecular flexibility index (Phi) is 53.3. The molecule has 0 aliphatic carbocycles. The number of rotatable bonds is 35. The molecule has 320 valence electrons. The summed E-state index contributed by atoms with van der Waals surface area (Å²) < 4.78 is 10.0. The van der Waals surface area contributed by atoms with Gasteiger partial charge in [-0.05, 0) is 19.8 Å². The quantitative estimate of drug-likeness (QED) is 0.0276. The summed E-state index contributed by atoms with van der Waals surface area (Å²) in [4.78, 5) is 51.1. The Balaban J connectivity index is -0.000000391. The lowest BCUT2D eigenvalue weighted by atomic mass is 10.0. The number of ether oxygens (including phenoxy) is 2. The van der Waals surface area contributed by atoms with Gasteiger partial charge in [-0.25, -0.2) is 19.2 Å². The number of carboxylic acid groups (broad SMARTS) is 2. The molecular weight excluding hydrogens is 698 g/mol. The van der Waals surface area contributed by atoms with E-state index in [1.54, 1.807) is 0 Å². The fourth-order valence-electron chi connectivity index (χ4n) is 5.02. The summed E-state index contributed by atoms with van der Waals surface area (Å²) in [5, 5.41) is 18.2. The van der Waals surface area contributed by atoms with Crippen molar-refractivity contribution < 1.29 is 38.9 Å². The zero-order valence-corrected chi connectivity index (χ0v) is 35.4. The molecule has 10 nitrogen and oxygen atoms in total. The Morgan fingerprint density at radius 2 is 0.836 bits per heavy atom. The number of unbranched alkanes of at least 4 members (excludes halogenated alkanes) is 24. The van der Waals surface area contributed by atoms with Gasteiger partial charge in [-0.1, -0.05) is 199 Å². The Labute approximate surface area is 335 Å². The van der Waals surface area contributed by atoms with Crippen molar-refractivity contribution in [2.45, 2.75) is 194 Å². The van der Waals surface area contributed by atoms with Crippen LogP contribution in [0.2, 0.25) is 0 Å². The Bertz CT molecular complexity index is 965. The minimum atomic E-state index is -0.981. The third-order valence-corrected chi connectivity index (χ3v) is 8.47. The number of carboxylic acids is 2. The number of carbonyl (C=O) groups excluding carboxylic acids is 2. The molecule has 0 aromatic heterocycles. The van der Waals surface area contributed by atoms with Gasteiger partial charge >= 0.3 is 23.9 Å². The monoisotopic (exact) mass is 780 g/mol. The third-order valence-electron chi connectivity index (χ3n) is 8.47. The first-order valence-electron chi connectivity index (χ1n) is 21.1. The van der Waals surface area contributed by atoms with Gasteiger partial charge in [0.2, 0.25) is 0 Å². The highest BCUT2D eigenvalue weighted by atomic mass is 16.5. The summed E-state index contributed by atoms with van der Waals surface area (Å²) in [6.45, 7) is 20.1. The zero-order chi connectivity index (χ0) is 42.2. The molecule has 0 spiro atoms. The van der Waals surface area contributed by atoms with Crippen molar-refractivity contribution in [2.24, 2.45) is 5.18 Å². The molecule has 2 N–H and O–H groups in total. The van der Waals surface area contributed by atoms with E-state index in [1.807, 2.05) is 0 Å². The first-order valence-corrected chi connectivity index (χ1v) is 21.1. The number of aliphatic carboxylic acids is 2. The first-order chi connectivity index (χ1) is 26.4. The van der Waals surface area contributed by atoms with E-state index in [9.17, 15) is 24.1 Å². The average Bonchev–Trinajstić information content (AvgIpc) is 3.17. The predicted octanol–water partition coefficient (Wildman–Crippen LogP) is 13.0. The number of hydrogen-bond acceptors (Lipinski definition) is 8. The average molecular weight is 780 g/mol. The first kappa shape index (κ1) is 58.2. The molecule has 0 aliphatic rings. The van der Waals surface area contributed by atoms with Crippen molar-refractivity contribution >= 4 is 23.9 Å². The van der Waals surface area contributed by atoms with E-state index in [-0.39, 0.29) is 24.1 Å². The SMILES string of the molecule is C=C(C)C(=O)O.C=C(CCN=O)C(=O)OCCCCCCCCCCCCCCCCCC.C=CC(=O)O.C=CC(=O)OCCCCCCCCCCCC. The van der Waals surface area contributed by atoms with Crippen molar-refractivity contribution in [3.63, 3.8) is 0 Å². The van der Waals surface area contributed by atoms with Gasteiger partial charge in [0.1, 0.15) is 0 Å². The molecule has 0 rings (SSSR count). The van der Waals surface area contributed by atoms with Gasteiger partial charge in [0.15, 0.2) is 0 Å². The van der Waals surface area contributed by atoms with Gasteiger partial charge in [-0.15, -0.1) is 0 Å². The van der Waals surface area contributed by atoms with Crippen LogP contribution in [0.4, 0.5) is 0 Å². The standard InChI is InChI=1S/C23H43NO3.C15H28O2.C4H6O2.C3H4O2/c1-3-4-5-6-7-8-9-10-11-12-13-14-15-16-17-18-21-27-23(25)22(2)19-20-24-26;1-3-5-6-7-8-9-10-11-12-13-14-17-15(16)4-2;1-3(2)4(5)6;1-2-3(4)5/h2-21H2,1H3;4H,2-3,5-14H2,1H3;1H2,2H3,(H,5,6);2H,1H2,(H,4,5). The van der Waals surface area contributed by atoms with Crippen LogP contribution in [0.5, 0.6) is 0 Å². The van der Waals surface area contributed by atoms with E-state index in [1.165, 1.54) is 161 Å². The van der Waals surface area contributed by atoms with E-state index in [4.69, 9.17) is 19.7 Å². The maximum Gasteiger partial charge on any atom is 0.333 e. The summed E-state index contributed by atoms with van der Waals surface area (Å²) >= 11 is 0. The lowest BCUT2D eigenvalue weighted by Gasteiger charge is -2.06. The fourth-order valence-corrected chi connectivity index (χ4v) is 5.02. The highest BCUT2D eigenvalue weighted by Crippen LogP contribution is 2.14. The lowest BCUT2D eigenvalue weighted by Crippen LogP contribution is -2.09. The van der Waals surface area contributed by atoms with E-state index in [0.29, 0.717) is 25.2 Å². The van der Waals surface area contributed by atoms with Crippen LogP contribution in [0.1, 0.15) is 194 Å². The van der Waals surface area contributed by atoms with Crippen molar-refractivity contribution in [2.75, 3.05) is 19.8 Å². The molecule has 0 heterocycles. The predicted molar refractivity (Wildman–Crippen MR) is 228 cm³/mol. The highest BCUT2D eigenvalue weighted by molar-refractivity contribution is 5.87. The summed E-state index contributed by atoms with van der Waals surface area (Å²) in [6.07, 6.45) is 36.6. The number of nitroso groups, excluding NO2 is 1. The topological polar surface area (TPSA) is 157 Å². The Morgan fingerprint density at radius 1 is 0.545 bits per heavy atom. The highest BCUT2D eigenvalue weighted by Gasteiger charge is 2.07. The van der Waals surface area contributed by atoms with Gasteiger partial charge in [0.05, 0.1) is 19.8 Å². The van der Waals surface area contributed by atoms with Gasteiger partial charge < -0.3 is 19.7 Å². The molecule has 0 amide bonds. The van der Waals surface area contributed by atoms with Crippen LogP contribution in [0.3, 0.4) is 0 Å². The summed E-state index contributed by atoms with van der Waals surface area (Å²) in [7, 11) is 0. The number of hydrogen-bond donors (Lipinski definition) is 2. The smallest absolute Gasteiger partial charge is 0.333 e. The van der Waals surface area contributed by atoms with Gasteiger partial charge in [-0.3, -0.25) is 0 Å². The largest absolute Gasteiger partial charge is 0.478 e. The molecule has 0 saturated carbocycles. The summed E-state index contributed by atoms with van der Waals surface area (Å²) in [5.41, 5.74) is 0.515. The third kappa shape index (κ3) is 59.9. The normalized spacial score (nSPS) is 9.80. The van der Waals surface area contributed by atoms with Crippen LogP contribution in [0.25, 0.3) is 0 Å². The second-order valence-corrected chi connectivity index (χ2v) is 13.8. The second kappa shape index (κ2) is 50.4. The van der Waals surface area contributed by atoms with Gasteiger partial charge in [0.25, 0.3) is 0 Å². The lowest BCUT2D eigenvalue weighted by molar-refractivity contribution is -0.139. The molecule has 0 saturated heterocycles. The molecule has 0 unspecified atom stereocenters. The van der Waals surface area contributed by atoms with Crippen molar-refractivity contribution in [3.05, 3.63) is 54.5 Å². The van der Waals surface area contributed by atoms with Crippen LogP contribution in [0.15, 0.2) is 54.8 Å². The van der Waals surface area contributed by atoms with Crippen LogP contribution < -0.4 is 0 Å². The Hall–Kier alpha value is -3.56. The molecule has 0 atom stereocenters. The van der Waals surface area contributed by atoms with Crippen LogP contribution in [-0.2, 0) is 28.7 Å². The maximum atomic E-state index is 11.5. The molecule has 55 heavy (non-hydrogen) atoms. The number of esters is 2. The molecule has 0 bridgehead atoms. The maximum absolute atomic E-state index is 11.5. The molecular formula is C45H81NO9. The van der Waals surface area contributed by atoms with Crippen LogP contribution in [-0.4, -0.2) is 53.8 Å². The molecule has 0 radical (unpaired) electrons. The minimum Gasteiger partial charge on any atom is -0.478 e. The zero-order valence-electron chi connectivity index (χ0n) is 35.4. The van der Waals surface area contributed by atoms with Crippen molar-refractivity contribution in [1.82, 2.24) is 0 Å². The van der Waals surface area contributed by atoms with Gasteiger partial charge in [-0.2, -0.15) is 4.91 Å². The van der Waals surface area contributed by atoms with Crippen LogP contribution >= 0.6 is 0 Å². The minimum absolute atomic E-state index is 0.0903. The summed E-state index contributed by atoms with van der Waals surface area (Å²) in [5.74, 6) is -2.61. The molecule has 0 aromatic carbocycles. The van der Waals surface area contributed by atoms with E-state index in [0.717, 1.165) is 25.3 Å². The summed E-state index contributed by atoms with van der Waals surface area (Å²) in [6, 6.07) is 0. The fraction of sp³-hybridized carbons (Fsp3) is 0.733. The number of carbonyl (C=O) groups is 4. The molecule has 0 aromatic rings. The van der Waals surface area contributed by atoms with Crippen LogP contribution in [0, 0.1) is 4.91 Å². The van der Waals surface area contributed by atoms with E-state index >= 15 is 0 Å². The molecule has 10 heteroatoms. The van der Waals surface area contributed by atoms with Crippen molar-refractivity contribution in [1.29, 1.82) is 0 Å². The Morgan fingerprint density at radius 3 is 1.09 bits per heavy atom.